The van der Waals surface area contributed by atoms with E-state index in [9.17, 15) is 0 Å². The molecule has 0 atom stereocenters. The molecule has 0 amide bonds. The molecule has 0 radical (unpaired) electrons. The van der Waals surface area contributed by atoms with Crippen molar-refractivity contribution in [2.24, 2.45) is 0 Å². The molecule has 8 heteroatoms. The second-order valence-corrected chi connectivity index (χ2v) is 1.44. The molecule has 0 spiro atoms. The van der Waals surface area contributed by atoms with Crippen LogP contribution in [0.2, 0.25) is 0 Å². The largest absolute Gasteiger partial charge is 0.394 e. The first-order chi connectivity index (χ1) is 3.41. The smallest absolute Gasteiger partial charge is 0.292 e. The Hall–Kier alpha value is -0.250. The first kappa shape index (κ1) is 10.7. The summed E-state index contributed by atoms with van der Waals surface area (Å²) in [6.07, 6.45) is 0. The minimum atomic E-state index is -4.67. The summed E-state index contributed by atoms with van der Waals surface area (Å²) in [5.74, 6) is 0. The van der Waals surface area contributed by atoms with E-state index in [1.807, 2.05) is 0 Å². The average molecular weight is 147 g/mol. The minimum Gasteiger partial charge on any atom is -0.292 e. The van der Waals surface area contributed by atoms with E-state index in [4.69, 9.17) is 27.9 Å². The van der Waals surface area contributed by atoms with Gasteiger partial charge in [-0.25, -0.2) is 0 Å². The highest BCUT2D eigenvalue weighted by Crippen LogP contribution is 1.59. The molecule has 0 saturated carbocycles. The van der Waals surface area contributed by atoms with Crippen LogP contribution in [-0.2, 0) is 10.4 Å². The lowest BCUT2D eigenvalue weighted by Crippen LogP contribution is -1.93. The third-order valence-corrected chi connectivity index (χ3v) is 0. The summed E-state index contributed by atoms with van der Waals surface area (Å²) in [7, 11) is -4.67. The third kappa shape index (κ3) is 2080. The topological polar surface area (TPSA) is 127 Å². The van der Waals surface area contributed by atoms with Crippen LogP contribution < -0.4 is 5.64 Å². The van der Waals surface area contributed by atoms with Crippen LogP contribution in [0.3, 0.4) is 0 Å². The van der Waals surface area contributed by atoms with Crippen LogP contribution in [0.5, 0.6) is 0 Å². The summed E-state index contributed by atoms with van der Waals surface area (Å²) in [6, 6.07) is 0. The second-order valence-electron chi connectivity index (χ2n) is 0.548. The van der Waals surface area contributed by atoms with Crippen LogP contribution in [0.25, 0.3) is 0 Å². The Kier molecular flexibility index (Phi) is 6.54. The van der Waals surface area contributed by atoms with Crippen LogP contribution >= 0.6 is 0 Å². The van der Waals surface area contributed by atoms with Gasteiger partial charge in [-0.2, -0.15) is 8.42 Å². The molecule has 0 rings (SSSR count). The molecule has 52 valence electrons. The fourth-order valence-electron chi connectivity index (χ4n) is 0. The molecular weight excluding hydrogens is 142 g/mol. The summed E-state index contributed by atoms with van der Waals surface area (Å²) in [6.45, 7) is 0. The van der Waals surface area contributed by atoms with Gasteiger partial charge in [0.2, 0.25) is 0 Å². The summed E-state index contributed by atoms with van der Waals surface area (Å²) < 4.78 is 31.6. The first-order valence-corrected chi connectivity index (χ1v) is 2.54. The Morgan fingerprint density at radius 3 is 1.12 bits per heavy atom. The Balaban J connectivity index is 0. The van der Waals surface area contributed by atoms with E-state index in [0.717, 1.165) is 5.64 Å². The number of nitrogens with one attached hydrogen (secondary N) is 1. The van der Waals surface area contributed by atoms with Gasteiger partial charge in [-0.15, -0.1) is 0 Å². The van der Waals surface area contributed by atoms with Gasteiger partial charge in [-0.1, -0.05) is 5.64 Å². The van der Waals surface area contributed by atoms with Crippen LogP contribution in [0.15, 0.2) is 0 Å². The minimum absolute atomic E-state index is 0.750. The predicted octanol–water partition coefficient (Wildman–Crippen LogP) is -1.30. The van der Waals surface area contributed by atoms with Crippen molar-refractivity contribution in [2.45, 2.75) is 0 Å². The highest BCUT2D eigenvalue weighted by Gasteiger charge is 1.84. The van der Waals surface area contributed by atoms with Gasteiger partial charge in [0, 0.05) is 0 Å². The summed E-state index contributed by atoms with van der Waals surface area (Å²) in [5, 5.41) is 13.8. The maximum Gasteiger partial charge on any atom is 0.394 e. The van der Waals surface area contributed by atoms with Crippen molar-refractivity contribution in [2.75, 3.05) is 0 Å². The van der Waals surface area contributed by atoms with Crippen LogP contribution in [0.1, 0.15) is 0 Å². The van der Waals surface area contributed by atoms with Gasteiger partial charge in [0.1, 0.15) is 0 Å². The van der Waals surface area contributed by atoms with Gasteiger partial charge in [0.15, 0.2) is 0 Å². The number of hydrogen-bond donors (Lipinski definition) is 5. The van der Waals surface area contributed by atoms with Crippen molar-refractivity contribution >= 4 is 10.4 Å². The predicted molar refractivity (Wildman–Crippen MR) is 20.9 cm³/mol. The van der Waals surface area contributed by atoms with E-state index < -0.39 is 10.4 Å². The van der Waals surface area contributed by atoms with E-state index >= 15 is 0 Å². The van der Waals surface area contributed by atoms with E-state index in [2.05, 4.69) is 0 Å². The zero-order valence-electron chi connectivity index (χ0n) is 3.51. The molecule has 7 nitrogen and oxygen atoms in total. The van der Waals surface area contributed by atoms with Gasteiger partial charge < -0.3 is 0 Å². The molecule has 0 unspecified atom stereocenters. The van der Waals surface area contributed by atoms with Crippen molar-refractivity contribution in [1.29, 1.82) is 0 Å². The van der Waals surface area contributed by atoms with Crippen molar-refractivity contribution in [1.82, 2.24) is 5.64 Å². The fraction of sp³-hybridized carbons (Fsp3) is 0. The van der Waals surface area contributed by atoms with Crippen molar-refractivity contribution in [3.05, 3.63) is 0 Å². The molecule has 0 aliphatic carbocycles. The third-order valence-electron chi connectivity index (χ3n) is 0. The molecule has 0 saturated heterocycles. The van der Waals surface area contributed by atoms with Crippen molar-refractivity contribution in [3.8, 4) is 0 Å². The molecule has 5 N–H and O–H groups in total. The maximum absolute atomic E-state index is 8.74. The van der Waals surface area contributed by atoms with Gasteiger partial charge in [0.05, 0.1) is 0 Å². The SMILES string of the molecule is O=S(=O)(O)O.ONO. The summed E-state index contributed by atoms with van der Waals surface area (Å²) in [4.78, 5) is 0. The standard InChI is InChI=1S/H3NO2.H2O4S/c2-1-3;1-5(2,3)4/h1-3H;(H2,1,2,3,4). The lowest BCUT2D eigenvalue weighted by molar-refractivity contribution is -0.0678. The number of hydrogen-bond acceptors (Lipinski definition) is 5. The Morgan fingerprint density at radius 2 is 1.12 bits per heavy atom. The molecule has 0 aromatic carbocycles. The fourth-order valence-corrected chi connectivity index (χ4v) is 0. The zero-order valence-corrected chi connectivity index (χ0v) is 4.33. The summed E-state index contributed by atoms with van der Waals surface area (Å²) in [5.41, 5.74) is 0.750. The number of rotatable bonds is 0. The van der Waals surface area contributed by atoms with Gasteiger partial charge in [-0.05, 0) is 0 Å². The van der Waals surface area contributed by atoms with Gasteiger partial charge in [0.25, 0.3) is 0 Å². The molecule has 0 heterocycles. The van der Waals surface area contributed by atoms with Crippen LogP contribution in [0.4, 0.5) is 0 Å². The molecule has 0 fully saturated rings. The Morgan fingerprint density at radius 1 is 1.12 bits per heavy atom. The first-order valence-electron chi connectivity index (χ1n) is 1.15. The van der Waals surface area contributed by atoms with Crippen molar-refractivity contribution in [3.63, 3.8) is 0 Å². The summed E-state index contributed by atoms with van der Waals surface area (Å²) >= 11 is 0. The quantitative estimate of drug-likeness (QED) is 0.213. The second kappa shape index (κ2) is 4.90. The Bertz CT molecular complexity index is 102. The van der Waals surface area contributed by atoms with E-state index in [1.165, 1.54) is 0 Å². The average Bonchev–Trinajstić information content (AvgIpc) is 1.27. The molecule has 0 aliphatic rings. The van der Waals surface area contributed by atoms with Crippen molar-refractivity contribution < 1.29 is 27.9 Å². The Labute approximate surface area is 45.1 Å². The van der Waals surface area contributed by atoms with E-state index in [1.54, 1.807) is 0 Å². The molecule has 8 heavy (non-hydrogen) atoms. The monoisotopic (exact) mass is 147 g/mol. The molecule has 0 bridgehead atoms. The molecule has 0 aromatic heterocycles. The van der Waals surface area contributed by atoms with E-state index in [0.29, 0.717) is 0 Å². The van der Waals surface area contributed by atoms with E-state index in [-0.39, 0.29) is 0 Å². The zero-order chi connectivity index (χ0) is 7.21. The molecule has 0 aliphatic heterocycles. The lowest BCUT2D eigenvalue weighted by atomic mass is 13.3. The van der Waals surface area contributed by atoms with Crippen LogP contribution in [0, 0.1) is 0 Å². The lowest BCUT2D eigenvalue weighted by Gasteiger charge is -1.68. The van der Waals surface area contributed by atoms with Crippen LogP contribution in [-0.4, -0.2) is 27.9 Å². The normalized spacial score (nSPS) is 9.50. The van der Waals surface area contributed by atoms with Gasteiger partial charge in [-0.3, -0.25) is 19.5 Å². The molecule has 0 aromatic rings. The highest BCUT2D eigenvalue weighted by atomic mass is 32.3. The maximum atomic E-state index is 8.74. The van der Waals surface area contributed by atoms with Gasteiger partial charge >= 0.3 is 10.4 Å². The highest BCUT2D eigenvalue weighted by molar-refractivity contribution is 7.79. The molecular formula is H5NO6S.